The first kappa shape index (κ1) is 29.1. The third-order valence-electron chi connectivity index (χ3n) is 5.73. The van der Waals surface area contributed by atoms with Gasteiger partial charge in [-0.1, -0.05) is 30.3 Å². The Kier molecular flexibility index (Phi) is 10.3. The van der Waals surface area contributed by atoms with Crippen molar-refractivity contribution in [3.05, 3.63) is 120 Å². The van der Waals surface area contributed by atoms with Crippen molar-refractivity contribution >= 4 is 46.9 Å². The Morgan fingerprint density at radius 3 is 2.39 bits per heavy atom. The molecule has 1 aromatic heterocycles. The fourth-order valence-electron chi connectivity index (χ4n) is 3.72. The zero-order valence-electron chi connectivity index (χ0n) is 22.7. The van der Waals surface area contributed by atoms with Gasteiger partial charge in [-0.3, -0.25) is 19.4 Å². The molecule has 1 atom stereocenters. The van der Waals surface area contributed by atoms with Gasteiger partial charge in [0.25, 0.3) is 11.8 Å². The van der Waals surface area contributed by atoms with Gasteiger partial charge in [0, 0.05) is 34.2 Å². The summed E-state index contributed by atoms with van der Waals surface area (Å²) in [5, 5.41) is 8.07. The molecule has 0 fully saturated rings. The molecule has 0 aliphatic rings. The van der Waals surface area contributed by atoms with Crippen molar-refractivity contribution in [3.8, 4) is 5.75 Å². The van der Waals surface area contributed by atoms with Crippen molar-refractivity contribution in [3.63, 3.8) is 0 Å². The van der Waals surface area contributed by atoms with Crippen LogP contribution >= 0.6 is 11.8 Å². The average molecular weight is 567 g/mol. The molecule has 4 rings (SSSR count). The average Bonchev–Trinajstić information content (AvgIpc) is 2.99. The van der Waals surface area contributed by atoms with E-state index in [1.165, 1.54) is 11.8 Å². The SMILES string of the molecule is CCOc1ccc(NC(=O)C(C)Sc2cccc(NC(=O)/C(=C/c3cccnc3)NC(=O)c3ccccc3)c2)cc1. The Morgan fingerprint density at radius 2 is 1.68 bits per heavy atom. The minimum absolute atomic E-state index is 0.0630. The zero-order chi connectivity index (χ0) is 29.0. The van der Waals surface area contributed by atoms with Gasteiger partial charge in [0.15, 0.2) is 0 Å². The van der Waals surface area contributed by atoms with Gasteiger partial charge in [-0.15, -0.1) is 11.8 Å². The molecule has 9 heteroatoms. The van der Waals surface area contributed by atoms with Gasteiger partial charge >= 0.3 is 0 Å². The molecular weight excluding hydrogens is 536 g/mol. The molecular formula is C32H30N4O4S. The number of hydrogen-bond acceptors (Lipinski definition) is 6. The van der Waals surface area contributed by atoms with E-state index < -0.39 is 17.1 Å². The number of thioether (sulfide) groups is 1. The molecule has 0 aliphatic carbocycles. The summed E-state index contributed by atoms with van der Waals surface area (Å²) < 4.78 is 5.44. The Morgan fingerprint density at radius 1 is 0.902 bits per heavy atom. The molecule has 0 bridgehead atoms. The highest BCUT2D eigenvalue weighted by Gasteiger charge is 2.17. The molecule has 41 heavy (non-hydrogen) atoms. The number of carbonyl (C=O) groups excluding carboxylic acids is 3. The largest absolute Gasteiger partial charge is 0.494 e. The Labute approximate surface area is 243 Å². The van der Waals surface area contributed by atoms with E-state index >= 15 is 0 Å². The summed E-state index contributed by atoms with van der Waals surface area (Å²) in [7, 11) is 0. The van der Waals surface area contributed by atoms with Crippen LogP contribution in [0.15, 0.2) is 114 Å². The van der Waals surface area contributed by atoms with Crippen molar-refractivity contribution in [2.45, 2.75) is 24.0 Å². The first-order valence-corrected chi connectivity index (χ1v) is 13.9. The topological polar surface area (TPSA) is 109 Å². The van der Waals surface area contributed by atoms with Crippen LogP contribution in [0.2, 0.25) is 0 Å². The summed E-state index contributed by atoms with van der Waals surface area (Å²) in [6.45, 7) is 4.30. The van der Waals surface area contributed by atoms with E-state index in [-0.39, 0.29) is 11.6 Å². The number of rotatable bonds is 11. The monoisotopic (exact) mass is 566 g/mol. The van der Waals surface area contributed by atoms with Crippen LogP contribution in [-0.2, 0) is 9.59 Å². The molecule has 1 heterocycles. The molecule has 0 spiro atoms. The van der Waals surface area contributed by atoms with Gasteiger partial charge in [0.2, 0.25) is 5.91 Å². The second kappa shape index (κ2) is 14.5. The number of benzene rings is 3. The quantitative estimate of drug-likeness (QED) is 0.152. The Hall–Kier alpha value is -4.89. The number of carbonyl (C=O) groups is 3. The van der Waals surface area contributed by atoms with E-state index in [9.17, 15) is 14.4 Å². The third kappa shape index (κ3) is 8.81. The van der Waals surface area contributed by atoms with Gasteiger partial charge in [0.1, 0.15) is 11.4 Å². The Bertz CT molecular complexity index is 1510. The van der Waals surface area contributed by atoms with Crippen molar-refractivity contribution in [1.82, 2.24) is 10.3 Å². The number of ether oxygens (including phenoxy) is 1. The fourth-order valence-corrected chi connectivity index (χ4v) is 4.65. The summed E-state index contributed by atoms with van der Waals surface area (Å²) in [6.07, 6.45) is 4.79. The maximum atomic E-state index is 13.3. The number of hydrogen-bond donors (Lipinski definition) is 3. The van der Waals surface area contributed by atoms with E-state index in [1.54, 1.807) is 85.2 Å². The minimum atomic E-state index is -0.499. The van der Waals surface area contributed by atoms with Gasteiger partial charge in [0.05, 0.1) is 11.9 Å². The fraction of sp³-hybridized carbons (Fsp3) is 0.125. The number of amides is 3. The highest BCUT2D eigenvalue weighted by molar-refractivity contribution is 8.00. The van der Waals surface area contributed by atoms with Crippen LogP contribution in [0.4, 0.5) is 11.4 Å². The predicted octanol–water partition coefficient (Wildman–Crippen LogP) is 6.01. The van der Waals surface area contributed by atoms with E-state index in [1.807, 2.05) is 38.1 Å². The molecule has 0 saturated heterocycles. The molecule has 0 aliphatic heterocycles. The molecule has 8 nitrogen and oxygen atoms in total. The van der Waals surface area contributed by atoms with Crippen molar-refractivity contribution < 1.29 is 19.1 Å². The number of anilines is 2. The third-order valence-corrected chi connectivity index (χ3v) is 6.82. The molecule has 0 saturated carbocycles. The highest BCUT2D eigenvalue weighted by Crippen LogP contribution is 2.27. The summed E-state index contributed by atoms with van der Waals surface area (Å²) in [6, 6.07) is 26.6. The Balaban J connectivity index is 1.43. The van der Waals surface area contributed by atoms with Gasteiger partial charge < -0.3 is 20.7 Å². The molecule has 4 aromatic rings. The lowest BCUT2D eigenvalue weighted by molar-refractivity contribution is -0.115. The summed E-state index contributed by atoms with van der Waals surface area (Å²) in [4.78, 5) is 43.8. The minimum Gasteiger partial charge on any atom is -0.494 e. The van der Waals surface area contributed by atoms with E-state index in [0.29, 0.717) is 29.1 Å². The van der Waals surface area contributed by atoms with Crippen LogP contribution in [0, 0.1) is 0 Å². The molecule has 0 radical (unpaired) electrons. The highest BCUT2D eigenvalue weighted by atomic mass is 32.2. The lowest BCUT2D eigenvalue weighted by atomic mass is 10.2. The van der Waals surface area contributed by atoms with Crippen LogP contribution in [0.1, 0.15) is 29.8 Å². The smallest absolute Gasteiger partial charge is 0.272 e. The summed E-state index contributed by atoms with van der Waals surface area (Å²) in [5.41, 5.74) is 2.34. The second-order valence-electron chi connectivity index (χ2n) is 8.85. The van der Waals surface area contributed by atoms with E-state index in [4.69, 9.17) is 4.74 Å². The van der Waals surface area contributed by atoms with Gasteiger partial charge in [-0.05, 0) is 86.2 Å². The summed E-state index contributed by atoms with van der Waals surface area (Å²) >= 11 is 1.36. The van der Waals surface area contributed by atoms with Crippen molar-refractivity contribution in [2.75, 3.05) is 17.2 Å². The van der Waals surface area contributed by atoms with Crippen molar-refractivity contribution in [2.24, 2.45) is 0 Å². The van der Waals surface area contributed by atoms with Crippen LogP contribution in [0.3, 0.4) is 0 Å². The molecule has 3 aromatic carbocycles. The maximum Gasteiger partial charge on any atom is 0.272 e. The maximum absolute atomic E-state index is 13.3. The number of nitrogens with zero attached hydrogens (tertiary/aromatic N) is 1. The first-order valence-electron chi connectivity index (χ1n) is 13.0. The van der Waals surface area contributed by atoms with Crippen LogP contribution in [-0.4, -0.2) is 34.6 Å². The van der Waals surface area contributed by atoms with E-state index in [0.717, 1.165) is 10.6 Å². The predicted molar refractivity (Wildman–Crippen MR) is 163 cm³/mol. The van der Waals surface area contributed by atoms with Crippen LogP contribution in [0.25, 0.3) is 6.08 Å². The molecule has 208 valence electrons. The second-order valence-corrected chi connectivity index (χ2v) is 10.3. The van der Waals surface area contributed by atoms with Gasteiger partial charge in [-0.2, -0.15) is 0 Å². The normalized spacial score (nSPS) is 11.7. The number of pyridine rings is 1. The molecule has 3 amide bonds. The standard InChI is InChI=1S/C32H30N4O4S/c1-3-40-27-16-14-25(15-17-27)34-30(37)22(2)41-28-13-7-12-26(20-28)35-32(39)29(19-23-9-8-18-33-21-23)36-31(38)24-10-5-4-6-11-24/h4-22H,3H2,1-2H3,(H,34,37)(H,35,39)(H,36,38)/b29-19-. The molecule has 3 N–H and O–H groups in total. The van der Waals surface area contributed by atoms with E-state index in [2.05, 4.69) is 20.9 Å². The molecule has 1 unspecified atom stereocenters. The van der Waals surface area contributed by atoms with Crippen LogP contribution < -0.4 is 20.7 Å². The zero-order valence-corrected chi connectivity index (χ0v) is 23.5. The lowest BCUT2D eigenvalue weighted by Crippen LogP contribution is -2.30. The van der Waals surface area contributed by atoms with Crippen LogP contribution in [0.5, 0.6) is 5.75 Å². The number of nitrogens with one attached hydrogen (secondary N) is 3. The number of aromatic nitrogens is 1. The van der Waals surface area contributed by atoms with Crippen molar-refractivity contribution in [1.29, 1.82) is 0 Å². The van der Waals surface area contributed by atoms with Gasteiger partial charge in [-0.25, -0.2) is 0 Å². The lowest BCUT2D eigenvalue weighted by Gasteiger charge is -2.14. The summed E-state index contributed by atoms with van der Waals surface area (Å²) in [5.74, 6) is -0.321. The first-order chi connectivity index (χ1) is 19.9.